The van der Waals surface area contributed by atoms with Crippen LogP contribution in [-0.4, -0.2) is 29.8 Å². The average molecular weight is 411 g/mol. The van der Waals surface area contributed by atoms with Gasteiger partial charge in [0.15, 0.2) is 0 Å². The molecule has 0 saturated carbocycles. The van der Waals surface area contributed by atoms with Gasteiger partial charge in [0, 0.05) is 43.3 Å². The Hall–Kier alpha value is -4.20. The molecule has 0 aliphatic rings. The van der Waals surface area contributed by atoms with E-state index in [-0.39, 0.29) is 5.91 Å². The first-order chi connectivity index (χ1) is 15.1. The number of nitrogens with zero attached hydrogens (tertiary/aromatic N) is 5. The smallest absolute Gasteiger partial charge is 0.224 e. The fourth-order valence-electron chi connectivity index (χ4n) is 3.92. The number of hydrogen-bond acceptors (Lipinski definition) is 5. The van der Waals surface area contributed by atoms with Crippen molar-refractivity contribution in [1.82, 2.24) is 23.9 Å². The van der Waals surface area contributed by atoms with Crippen molar-refractivity contribution in [3.63, 3.8) is 0 Å². The van der Waals surface area contributed by atoms with Crippen LogP contribution in [0.5, 0.6) is 0 Å². The summed E-state index contributed by atoms with van der Waals surface area (Å²) in [6.07, 6.45) is 7.56. The number of nitrogen functional groups attached to an aromatic ring is 1. The number of pyridine rings is 1. The molecule has 5 aromatic rings. The molecule has 8 heteroatoms. The monoisotopic (exact) mass is 411 g/mol. The van der Waals surface area contributed by atoms with Crippen molar-refractivity contribution in [2.45, 2.75) is 13.3 Å². The lowest BCUT2D eigenvalue weighted by atomic mass is 9.99. The van der Waals surface area contributed by atoms with E-state index in [0.29, 0.717) is 12.2 Å². The minimum absolute atomic E-state index is 0.0194. The molecule has 0 fully saturated rings. The summed E-state index contributed by atoms with van der Waals surface area (Å²) < 4.78 is 3.98. The molecule has 0 bridgehead atoms. The summed E-state index contributed by atoms with van der Waals surface area (Å²) >= 11 is 0. The molecule has 1 amide bonds. The van der Waals surface area contributed by atoms with Gasteiger partial charge in [0.2, 0.25) is 5.91 Å². The van der Waals surface area contributed by atoms with E-state index in [1.165, 1.54) is 6.33 Å². The van der Waals surface area contributed by atoms with Crippen LogP contribution in [0, 0.1) is 0 Å². The molecule has 31 heavy (non-hydrogen) atoms. The first-order valence-corrected chi connectivity index (χ1v) is 9.99. The van der Waals surface area contributed by atoms with E-state index >= 15 is 0 Å². The van der Waals surface area contributed by atoms with Gasteiger partial charge in [-0.15, -0.1) is 0 Å². The number of carbonyl (C=O) groups excluding carboxylic acids is 1. The molecular formula is C23H21N7O. The van der Waals surface area contributed by atoms with Crippen LogP contribution in [0.25, 0.3) is 39.1 Å². The highest BCUT2D eigenvalue weighted by molar-refractivity contribution is 6.08. The average Bonchev–Trinajstić information content (AvgIpc) is 3.37. The fraction of sp³-hybridized carbons (Fsp3) is 0.130. The van der Waals surface area contributed by atoms with Crippen LogP contribution in [-0.2, 0) is 11.8 Å². The summed E-state index contributed by atoms with van der Waals surface area (Å²) in [5, 5.41) is 3.69. The molecule has 4 aromatic heterocycles. The minimum Gasteiger partial charge on any atom is -0.383 e. The Balaban J connectivity index is 1.74. The lowest BCUT2D eigenvalue weighted by Crippen LogP contribution is -2.09. The third kappa shape index (κ3) is 3.09. The number of amides is 1. The minimum atomic E-state index is -0.0194. The van der Waals surface area contributed by atoms with Gasteiger partial charge in [-0.3, -0.25) is 4.79 Å². The van der Waals surface area contributed by atoms with Gasteiger partial charge in [0.05, 0.1) is 11.1 Å². The van der Waals surface area contributed by atoms with E-state index in [2.05, 4.69) is 20.3 Å². The van der Waals surface area contributed by atoms with Crippen LogP contribution in [0.4, 0.5) is 11.5 Å². The highest BCUT2D eigenvalue weighted by atomic mass is 16.1. The molecule has 0 unspecified atom stereocenters. The number of nitrogens with two attached hydrogens (primary N) is 1. The first kappa shape index (κ1) is 18.8. The standard InChI is InChI=1S/C23H21N7O/c1-3-18(31)28-16-6-4-14(5-7-16)21-19(15-8-10-30-11-9-25-17(30)12-15)20-22(24)26-13-27-23(20)29(21)2/h4-13H,3H2,1-2H3,(H,28,31)(H2,24,26,27). The number of rotatable bonds is 4. The maximum atomic E-state index is 11.7. The summed E-state index contributed by atoms with van der Waals surface area (Å²) in [6.45, 7) is 1.83. The Morgan fingerprint density at radius 1 is 1.06 bits per heavy atom. The van der Waals surface area contributed by atoms with Crippen molar-refractivity contribution in [3.05, 3.63) is 61.3 Å². The topological polar surface area (TPSA) is 103 Å². The summed E-state index contributed by atoms with van der Waals surface area (Å²) in [6, 6.07) is 11.8. The van der Waals surface area contributed by atoms with Gasteiger partial charge in [-0.05, 0) is 35.4 Å². The van der Waals surface area contributed by atoms with Crippen molar-refractivity contribution >= 4 is 34.1 Å². The van der Waals surface area contributed by atoms with E-state index in [4.69, 9.17) is 5.73 Å². The van der Waals surface area contributed by atoms with Crippen LogP contribution in [0.15, 0.2) is 61.3 Å². The second kappa shape index (κ2) is 7.24. The molecular weight excluding hydrogens is 390 g/mol. The van der Waals surface area contributed by atoms with Crippen molar-refractivity contribution < 1.29 is 4.79 Å². The fourth-order valence-corrected chi connectivity index (χ4v) is 3.92. The first-order valence-electron chi connectivity index (χ1n) is 9.99. The van der Waals surface area contributed by atoms with Gasteiger partial charge in [-0.25, -0.2) is 15.0 Å². The predicted octanol–water partition coefficient (Wildman–Crippen LogP) is 3.88. The Morgan fingerprint density at radius 2 is 1.87 bits per heavy atom. The summed E-state index contributed by atoms with van der Waals surface area (Å²) in [7, 11) is 1.97. The van der Waals surface area contributed by atoms with Gasteiger partial charge < -0.3 is 20.0 Å². The van der Waals surface area contributed by atoms with Crippen molar-refractivity contribution in [2.75, 3.05) is 11.1 Å². The van der Waals surface area contributed by atoms with Crippen LogP contribution in [0.1, 0.15) is 13.3 Å². The van der Waals surface area contributed by atoms with Crippen molar-refractivity contribution in [1.29, 1.82) is 0 Å². The largest absolute Gasteiger partial charge is 0.383 e. The van der Waals surface area contributed by atoms with Crippen LogP contribution in [0.2, 0.25) is 0 Å². The number of benzene rings is 1. The normalized spacial score (nSPS) is 11.3. The maximum Gasteiger partial charge on any atom is 0.224 e. The number of aromatic nitrogens is 5. The lowest BCUT2D eigenvalue weighted by molar-refractivity contribution is -0.115. The van der Waals surface area contributed by atoms with Crippen molar-refractivity contribution in [3.8, 4) is 22.4 Å². The molecule has 0 aliphatic carbocycles. The molecule has 0 saturated heterocycles. The third-order valence-corrected chi connectivity index (χ3v) is 5.45. The van der Waals surface area contributed by atoms with Crippen molar-refractivity contribution in [2.24, 2.45) is 7.05 Å². The van der Waals surface area contributed by atoms with Crippen LogP contribution >= 0.6 is 0 Å². The number of hydrogen-bond donors (Lipinski definition) is 2. The van der Waals surface area contributed by atoms with E-state index < -0.39 is 0 Å². The molecule has 1 aromatic carbocycles. The number of nitrogens with one attached hydrogen (secondary N) is 1. The Kier molecular flexibility index (Phi) is 4.39. The number of aryl methyl sites for hydroxylation is 1. The van der Waals surface area contributed by atoms with Gasteiger partial charge >= 0.3 is 0 Å². The highest BCUT2D eigenvalue weighted by Crippen LogP contribution is 2.41. The van der Waals surface area contributed by atoms with Crippen LogP contribution < -0.4 is 11.1 Å². The van der Waals surface area contributed by atoms with E-state index in [9.17, 15) is 4.79 Å². The summed E-state index contributed by atoms with van der Waals surface area (Å²) in [5.41, 5.74) is 12.5. The molecule has 0 atom stereocenters. The number of imidazole rings is 1. The molecule has 154 valence electrons. The Labute approximate surface area is 178 Å². The van der Waals surface area contributed by atoms with Gasteiger partial charge in [0.25, 0.3) is 0 Å². The maximum absolute atomic E-state index is 11.7. The second-order valence-corrected chi connectivity index (χ2v) is 7.33. The molecule has 8 nitrogen and oxygen atoms in total. The molecule has 0 radical (unpaired) electrons. The van der Waals surface area contributed by atoms with E-state index in [1.54, 1.807) is 6.20 Å². The summed E-state index contributed by atoms with van der Waals surface area (Å²) in [5.74, 6) is 0.408. The highest BCUT2D eigenvalue weighted by Gasteiger charge is 2.22. The lowest BCUT2D eigenvalue weighted by Gasteiger charge is -2.10. The number of anilines is 2. The van der Waals surface area contributed by atoms with Gasteiger partial charge in [-0.2, -0.15) is 0 Å². The van der Waals surface area contributed by atoms with E-state index in [0.717, 1.165) is 44.8 Å². The summed E-state index contributed by atoms with van der Waals surface area (Å²) in [4.78, 5) is 24.9. The van der Waals surface area contributed by atoms with E-state index in [1.807, 2.05) is 71.7 Å². The quantitative estimate of drug-likeness (QED) is 0.467. The van der Waals surface area contributed by atoms with Gasteiger partial charge in [-0.1, -0.05) is 19.1 Å². The molecule has 3 N–H and O–H groups in total. The third-order valence-electron chi connectivity index (χ3n) is 5.45. The second-order valence-electron chi connectivity index (χ2n) is 7.33. The number of fused-ring (bicyclic) bond motifs is 2. The Morgan fingerprint density at radius 3 is 2.65 bits per heavy atom. The zero-order chi connectivity index (χ0) is 21.5. The zero-order valence-electron chi connectivity index (χ0n) is 17.2. The SMILES string of the molecule is CCC(=O)Nc1ccc(-c2c(-c3ccn4ccnc4c3)c3c(N)ncnc3n2C)cc1. The van der Waals surface area contributed by atoms with Crippen LogP contribution in [0.3, 0.4) is 0 Å². The number of carbonyl (C=O) groups is 1. The molecule has 0 spiro atoms. The van der Waals surface area contributed by atoms with Gasteiger partial charge in [0.1, 0.15) is 23.4 Å². The predicted molar refractivity (Wildman–Crippen MR) is 121 cm³/mol. The zero-order valence-corrected chi connectivity index (χ0v) is 17.2. The Bertz CT molecular complexity index is 1430. The molecule has 0 aliphatic heterocycles. The molecule has 4 heterocycles. The molecule has 5 rings (SSSR count).